The van der Waals surface area contributed by atoms with Gasteiger partial charge in [0.25, 0.3) is 0 Å². The Hall–Kier alpha value is 0.1000. The molecule has 0 heterocycles. The van der Waals surface area contributed by atoms with Crippen LogP contribution in [0.4, 0.5) is 4.39 Å². The van der Waals surface area contributed by atoms with Gasteiger partial charge in [0.05, 0.1) is 0 Å². The lowest BCUT2D eigenvalue weighted by Crippen LogP contribution is -3.59. The predicted molar refractivity (Wildman–Crippen MR) is 73.8 cm³/mol. The third kappa shape index (κ3) is 4.34. The summed E-state index contributed by atoms with van der Waals surface area (Å²) in [6.45, 7) is 2.10. The third-order valence-corrected chi connectivity index (χ3v) is 7.16. The summed E-state index contributed by atoms with van der Waals surface area (Å²) in [5.74, 6) is 0. The molecule has 0 unspecified atom stereocenters. The maximum atomic E-state index is 14.3. The Kier molecular flexibility index (Phi) is 5.24. The van der Waals surface area contributed by atoms with Gasteiger partial charge in [-0.3, -0.25) is 0 Å². The van der Waals surface area contributed by atoms with E-state index in [1.807, 2.05) is 0 Å². The molecular weight excluding hydrogens is 406 g/mol. The Morgan fingerprint density at radius 2 is 1.94 bits per heavy atom. The number of aryl methyl sites for hydroxylation is 1. The molecule has 0 atom stereocenters. The van der Waals surface area contributed by atoms with E-state index in [-0.39, 0.29) is 21.2 Å². The van der Waals surface area contributed by atoms with Gasteiger partial charge < -0.3 is 0 Å². The summed E-state index contributed by atoms with van der Waals surface area (Å²) >= 11 is 3.40. The molecule has 1 aromatic carbocycles. The van der Waals surface area contributed by atoms with Crippen molar-refractivity contribution in [2.24, 2.45) is 0 Å². The fourth-order valence-electron chi connectivity index (χ4n) is 2.25. The summed E-state index contributed by atoms with van der Waals surface area (Å²) in [6.07, 6.45) is 4.13. The fourth-order valence-corrected chi connectivity index (χ4v) is 5.03. The summed E-state index contributed by atoms with van der Waals surface area (Å²) < 4.78 is 18.9. The molecule has 0 spiro atoms. The average Bonchev–Trinajstić information content (AvgIpc) is 2.75. The van der Waals surface area contributed by atoms with E-state index in [1.165, 1.54) is 9.13 Å². The van der Waals surface area contributed by atoms with E-state index in [2.05, 4.69) is 51.2 Å². The molecular formula is C15H18BrFI+. The Bertz CT molecular complexity index is 419. The summed E-state index contributed by atoms with van der Waals surface area (Å²) in [5.41, 5.74) is 0.353. The molecule has 1 aliphatic rings. The second-order valence-corrected chi connectivity index (χ2v) is 8.51. The maximum absolute atomic E-state index is 14.3. The van der Waals surface area contributed by atoms with Crippen molar-refractivity contribution in [3.05, 3.63) is 42.0 Å². The lowest BCUT2D eigenvalue weighted by Gasteiger charge is -2.17. The van der Waals surface area contributed by atoms with E-state index in [0.29, 0.717) is 6.42 Å². The first-order valence-corrected chi connectivity index (χ1v) is 9.43. The van der Waals surface area contributed by atoms with Gasteiger partial charge in [0.15, 0.2) is 7.65 Å². The Morgan fingerprint density at radius 3 is 2.56 bits per heavy atom. The van der Waals surface area contributed by atoms with Gasteiger partial charge >= 0.3 is 21.2 Å². The number of alkyl halides is 1. The molecule has 0 aromatic heterocycles. The van der Waals surface area contributed by atoms with Gasteiger partial charge in [0, 0.05) is 10.9 Å². The first kappa shape index (κ1) is 14.5. The molecule has 0 bridgehead atoms. The van der Waals surface area contributed by atoms with Crippen LogP contribution in [0.3, 0.4) is 0 Å². The highest BCUT2D eigenvalue weighted by Crippen LogP contribution is 2.39. The number of rotatable bonds is 4. The van der Waals surface area contributed by atoms with Crippen LogP contribution in [0.1, 0.15) is 37.7 Å². The largest absolute Gasteiger partial charge is 0.350 e. The zero-order valence-electron chi connectivity index (χ0n) is 10.6. The summed E-state index contributed by atoms with van der Waals surface area (Å²) in [5, 5.41) is 0. The van der Waals surface area contributed by atoms with E-state index >= 15 is 0 Å². The number of allylic oxidation sites excluding steroid dienone is 1. The highest BCUT2D eigenvalue weighted by Gasteiger charge is 2.34. The highest BCUT2D eigenvalue weighted by atomic mass is 127. The van der Waals surface area contributed by atoms with Crippen LogP contribution in [0.2, 0.25) is 0 Å². The smallest absolute Gasteiger partial charge is 0.244 e. The molecule has 0 saturated heterocycles. The van der Waals surface area contributed by atoms with E-state index < -0.39 is 5.67 Å². The molecule has 1 fully saturated rings. The highest BCUT2D eigenvalue weighted by molar-refractivity contribution is 9.11. The van der Waals surface area contributed by atoms with E-state index in [1.54, 1.807) is 0 Å². The lowest BCUT2D eigenvalue weighted by molar-refractivity contribution is -0.557. The molecule has 1 aromatic rings. The standard InChI is InChI=1S/C15H18BrFI/c1-12-4-6-14(7-5-12)18-11-13(16)10-15(17)8-2-3-9-15/h4-7,11H,2-3,8-10H2,1H3/q+1/b13-11-. The molecule has 0 radical (unpaired) electrons. The van der Waals surface area contributed by atoms with E-state index in [4.69, 9.17) is 0 Å². The van der Waals surface area contributed by atoms with Crippen molar-refractivity contribution in [3.63, 3.8) is 0 Å². The molecule has 98 valence electrons. The van der Waals surface area contributed by atoms with Gasteiger partial charge in [-0.1, -0.05) is 46.5 Å². The SMILES string of the molecule is Cc1ccc([I+]/C=C(\Br)CC2(F)CCCC2)cc1. The van der Waals surface area contributed by atoms with E-state index in [9.17, 15) is 4.39 Å². The zero-order chi connectivity index (χ0) is 13.0. The van der Waals surface area contributed by atoms with Gasteiger partial charge in [-0.25, -0.2) is 4.39 Å². The molecule has 1 saturated carbocycles. The van der Waals surface area contributed by atoms with Crippen molar-refractivity contribution in [2.75, 3.05) is 0 Å². The van der Waals surface area contributed by atoms with Gasteiger partial charge in [-0.2, -0.15) is 0 Å². The summed E-state index contributed by atoms with van der Waals surface area (Å²) in [7, 11) is 0. The van der Waals surface area contributed by atoms with Crippen LogP contribution >= 0.6 is 15.9 Å². The van der Waals surface area contributed by atoms with Crippen LogP contribution in [-0.2, 0) is 0 Å². The first-order chi connectivity index (χ1) is 8.57. The van der Waals surface area contributed by atoms with Crippen LogP contribution in [0.15, 0.2) is 32.8 Å². The van der Waals surface area contributed by atoms with Crippen molar-refractivity contribution < 1.29 is 25.6 Å². The number of halogens is 3. The summed E-state index contributed by atoms with van der Waals surface area (Å²) in [6, 6.07) is 8.65. The molecule has 2 rings (SSSR count). The fraction of sp³-hybridized carbons (Fsp3) is 0.467. The molecule has 0 nitrogen and oxygen atoms in total. The molecule has 0 aliphatic heterocycles. The van der Waals surface area contributed by atoms with E-state index in [0.717, 1.165) is 30.2 Å². The third-order valence-electron chi connectivity index (χ3n) is 3.30. The van der Waals surface area contributed by atoms with Crippen LogP contribution in [0.5, 0.6) is 0 Å². The second-order valence-electron chi connectivity index (χ2n) is 5.00. The number of hydrogen-bond acceptors (Lipinski definition) is 0. The van der Waals surface area contributed by atoms with Gasteiger partial charge in [0.2, 0.25) is 0 Å². The first-order valence-electron chi connectivity index (χ1n) is 6.31. The zero-order valence-corrected chi connectivity index (χ0v) is 14.3. The Balaban J connectivity index is 1.90. The number of hydrogen-bond donors (Lipinski definition) is 0. The summed E-state index contributed by atoms with van der Waals surface area (Å²) in [4.78, 5) is 0. The monoisotopic (exact) mass is 423 g/mol. The predicted octanol–water partition coefficient (Wildman–Crippen LogP) is 2.16. The van der Waals surface area contributed by atoms with Crippen molar-refractivity contribution >= 4 is 15.9 Å². The molecule has 18 heavy (non-hydrogen) atoms. The minimum absolute atomic E-state index is 0.147. The number of benzene rings is 1. The topological polar surface area (TPSA) is 0 Å². The molecule has 1 aliphatic carbocycles. The normalized spacial score (nSPS) is 19.2. The quantitative estimate of drug-likeness (QED) is 0.651. The van der Waals surface area contributed by atoms with Crippen LogP contribution in [0.25, 0.3) is 0 Å². The molecule has 0 N–H and O–H groups in total. The molecule has 0 amide bonds. The van der Waals surface area contributed by atoms with Crippen molar-refractivity contribution in [2.45, 2.75) is 44.7 Å². The molecule has 3 heteroatoms. The Morgan fingerprint density at radius 1 is 1.33 bits per heavy atom. The van der Waals surface area contributed by atoms with Gasteiger partial charge in [0.1, 0.15) is 5.67 Å². The van der Waals surface area contributed by atoms with Gasteiger partial charge in [-0.05, 0) is 31.9 Å². The minimum Gasteiger partial charge on any atom is -0.244 e. The van der Waals surface area contributed by atoms with Gasteiger partial charge in [-0.15, -0.1) is 0 Å². The van der Waals surface area contributed by atoms with Crippen molar-refractivity contribution in [3.8, 4) is 0 Å². The van der Waals surface area contributed by atoms with Crippen LogP contribution in [-0.4, -0.2) is 5.67 Å². The lowest BCUT2D eigenvalue weighted by atomic mass is 10.0. The maximum Gasteiger partial charge on any atom is 0.350 e. The second kappa shape index (κ2) is 6.51. The minimum atomic E-state index is -0.938. The van der Waals surface area contributed by atoms with Crippen LogP contribution < -0.4 is 21.2 Å². The van der Waals surface area contributed by atoms with Crippen molar-refractivity contribution in [1.29, 1.82) is 0 Å². The average molecular weight is 424 g/mol. The van der Waals surface area contributed by atoms with Crippen molar-refractivity contribution in [1.82, 2.24) is 0 Å². The Labute approximate surface area is 127 Å². The van der Waals surface area contributed by atoms with Crippen LogP contribution in [0, 0.1) is 10.5 Å².